The Morgan fingerprint density at radius 2 is 2.18 bits per heavy atom. The summed E-state index contributed by atoms with van der Waals surface area (Å²) in [5, 5.41) is 0. The van der Waals surface area contributed by atoms with Crippen LogP contribution in [0.4, 0.5) is 10.1 Å². The van der Waals surface area contributed by atoms with Crippen molar-refractivity contribution in [2.24, 2.45) is 0 Å². The minimum absolute atomic E-state index is 0.143. The first-order chi connectivity index (χ1) is 8.04. The van der Waals surface area contributed by atoms with E-state index in [0.717, 1.165) is 18.4 Å². The highest BCUT2D eigenvalue weighted by molar-refractivity contribution is 7.92. The standard InChI is InChI=1S/C12H16FNO2S/c1-2-8-17(15,16)14-7-3-4-10-9-11(13)5-6-12(10)14/h5-6,9H,2-4,7-8H2,1H3. The molecule has 1 aromatic rings. The van der Waals surface area contributed by atoms with Crippen molar-refractivity contribution >= 4 is 15.7 Å². The Hall–Kier alpha value is -1.10. The average Bonchev–Trinajstić information content (AvgIpc) is 2.27. The number of benzene rings is 1. The Bertz CT molecular complexity index is 513. The van der Waals surface area contributed by atoms with Crippen LogP contribution >= 0.6 is 0 Å². The molecule has 17 heavy (non-hydrogen) atoms. The molecule has 0 aliphatic carbocycles. The molecule has 0 bridgehead atoms. The lowest BCUT2D eigenvalue weighted by atomic mass is 10.0. The summed E-state index contributed by atoms with van der Waals surface area (Å²) in [6.07, 6.45) is 2.08. The van der Waals surface area contributed by atoms with Gasteiger partial charge in [-0.15, -0.1) is 0 Å². The molecule has 5 heteroatoms. The summed E-state index contributed by atoms with van der Waals surface area (Å²) < 4.78 is 38.7. The molecule has 0 aromatic heterocycles. The number of fused-ring (bicyclic) bond motifs is 1. The third-order valence-electron chi connectivity index (χ3n) is 2.92. The van der Waals surface area contributed by atoms with Gasteiger partial charge in [-0.2, -0.15) is 0 Å². The van der Waals surface area contributed by atoms with E-state index < -0.39 is 10.0 Å². The minimum atomic E-state index is -3.25. The fraction of sp³-hybridized carbons (Fsp3) is 0.500. The molecule has 1 aliphatic heterocycles. The molecular formula is C12H16FNO2S. The minimum Gasteiger partial charge on any atom is -0.270 e. The van der Waals surface area contributed by atoms with Crippen molar-refractivity contribution in [1.29, 1.82) is 0 Å². The van der Waals surface area contributed by atoms with Crippen LogP contribution in [0.1, 0.15) is 25.3 Å². The molecular weight excluding hydrogens is 241 g/mol. The molecule has 0 unspecified atom stereocenters. The molecule has 1 heterocycles. The smallest absolute Gasteiger partial charge is 0.235 e. The first kappa shape index (κ1) is 12.4. The summed E-state index contributed by atoms with van der Waals surface area (Å²) in [5.41, 5.74) is 1.43. The highest BCUT2D eigenvalue weighted by Gasteiger charge is 2.26. The average molecular weight is 257 g/mol. The summed E-state index contributed by atoms with van der Waals surface area (Å²) in [4.78, 5) is 0. The summed E-state index contributed by atoms with van der Waals surface area (Å²) >= 11 is 0. The second-order valence-corrected chi connectivity index (χ2v) is 6.28. The summed E-state index contributed by atoms with van der Waals surface area (Å²) in [7, 11) is -3.25. The number of hydrogen-bond donors (Lipinski definition) is 0. The van der Waals surface area contributed by atoms with Crippen molar-refractivity contribution < 1.29 is 12.8 Å². The molecule has 0 atom stereocenters. The predicted molar refractivity (Wildman–Crippen MR) is 66.1 cm³/mol. The number of sulfonamides is 1. The molecule has 0 amide bonds. The number of nitrogens with zero attached hydrogens (tertiary/aromatic N) is 1. The molecule has 0 saturated heterocycles. The van der Waals surface area contributed by atoms with E-state index in [0.29, 0.717) is 18.7 Å². The van der Waals surface area contributed by atoms with Crippen LogP contribution in [0.3, 0.4) is 0 Å². The van der Waals surface area contributed by atoms with Crippen LogP contribution in [0.5, 0.6) is 0 Å². The fourth-order valence-corrected chi connectivity index (χ4v) is 3.81. The van der Waals surface area contributed by atoms with Crippen LogP contribution in [0.2, 0.25) is 0 Å². The number of anilines is 1. The normalized spacial score (nSPS) is 15.8. The third-order valence-corrected chi connectivity index (χ3v) is 4.89. The van der Waals surface area contributed by atoms with Gasteiger partial charge in [0.05, 0.1) is 11.4 Å². The molecule has 1 aromatic carbocycles. The summed E-state index contributed by atoms with van der Waals surface area (Å²) in [5.74, 6) is -0.164. The fourth-order valence-electron chi connectivity index (χ4n) is 2.19. The van der Waals surface area contributed by atoms with Crippen molar-refractivity contribution in [3.63, 3.8) is 0 Å². The number of aryl methyl sites for hydroxylation is 1. The molecule has 0 N–H and O–H groups in total. The second kappa shape index (κ2) is 4.64. The van der Waals surface area contributed by atoms with E-state index in [1.807, 2.05) is 6.92 Å². The van der Waals surface area contributed by atoms with E-state index in [4.69, 9.17) is 0 Å². The molecule has 3 nitrogen and oxygen atoms in total. The van der Waals surface area contributed by atoms with Gasteiger partial charge >= 0.3 is 0 Å². The van der Waals surface area contributed by atoms with E-state index >= 15 is 0 Å². The molecule has 94 valence electrons. The maximum Gasteiger partial charge on any atom is 0.235 e. The molecule has 2 rings (SSSR count). The third kappa shape index (κ3) is 2.44. The zero-order valence-corrected chi connectivity index (χ0v) is 10.6. The maximum absolute atomic E-state index is 13.1. The van der Waals surface area contributed by atoms with Gasteiger partial charge in [0.25, 0.3) is 0 Å². The summed E-state index contributed by atoms with van der Waals surface area (Å²) in [6, 6.07) is 4.32. The van der Waals surface area contributed by atoms with Crippen molar-refractivity contribution in [3.8, 4) is 0 Å². The van der Waals surface area contributed by atoms with E-state index in [9.17, 15) is 12.8 Å². The first-order valence-corrected chi connectivity index (χ1v) is 7.44. The van der Waals surface area contributed by atoms with E-state index in [1.54, 1.807) is 6.07 Å². The van der Waals surface area contributed by atoms with Gasteiger partial charge < -0.3 is 0 Å². The Kier molecular flexibility index (Phi) is 3.38. The van der Waals surface area contributed by atoms with Gasteiger partial charge in [-0.3, -0.25) is 4.31 Å². The second-order valence-electron chi connectivity index (χ2n) is 4.26. The molecule has 0 fully saturated rings. The Balaban J connectivity index is 2.42. The van der Waals surface area contributed by atoms with E-state index in [1.165, 1.54) is 16.4 Å². The first-order valence-electron chi connectivity index (χ1n) is 5.83. The van der Waals surface area contributed by atoms with Crippen LogP contribution in [-0.4, -0.2) is 20.7 Å². The van der Waals surface area contributed by atoms with Gasteiger partial charge in [0.2, 0.25) is 10.0 Å². The van der Waals surface area contributed by atoms with Gasteiger partial charge in [0.1, 0.15) is 5.82 Å². The van der Waals surface area contributed by atoms with Crippen LogP contribution in [0.25, 0.3) is 0 Å². The van der Waals surface area contributed by atoms with Gasteiger partial charge in [-0.1, -0.05) is 6.92 Å². The quantitative estimate of drug-likeness (QED) is 0.833. The monoisotopic (exact) mass is 257 g/mol. The largest absolute Gasteiger partial charge is 0.270 e. The molecule has 0 radical (unpaired) electrons. The van der Waals surface area contributed by atoms with Gasteiger partial charge in [-0.25, -0.2) is 12.8 Å². The lowest BCUT2D eigenvalue weighted by Crippen LogP contribution is -2.37. The predicted octanol–water partition coefficient (Wildman–Crippen LogP) is 2.32. The zero-order valence-electron chi connectivity index (χ0n) is 9.82. The highest BCUT2D eigenvalue weighted by Crippen LogP contribution is 2.30. The SMILES string of the molecule is CCCS(=O)(=O)N1CCCc2cc(F)ccc21. The number of halogens is 1. The Morgan fingerprint density at radius 1 is 1.41 bits per heavy atom. The Morgan fingerprint density at radius 3 is 2.88 bits per heavy atom. The van der Waals surface area contributed by atoms with Crippen molar-refractivity contribution in [2.45, 2.75) is 26.2 Å². The topological polar surface area (TPSA) is 37.4 Å². The molecule has 0 saturated carbocycles. The van der Waals surface area contributed by atoms with Crippen LogP contribution in [-0.2, 0) is 16.4 Å². The summed E-state index contributed by atoms with van der Waals surface area (Å²) in [6.45, 7) is 2.34. The van der Waals surface area contributed by atoms with Gasteiger partial charge in [-0.05, 0) is 43.0 Å². The Labute approximate surface area is 101 Å². The van der Waals surface area contributed by atoms with Crippen LogP contribution in [0, 0.1) is 5.82 Å². The van der Waals surface area contributed by atoms with Crippen molar-refractivity contribution in [3.05, 3.63) is 29.6 Å². The number of rotatable bonds is 3. The van der Waals surface area contributed by atoms with Crippen LogP contribution < -0.4 is 4.31 Å². The number of hydrogen-bond acceptors (Lipinski definition) is 2. The molecule has 0 spiro atoms. The highest BCUT2D eigenvalue weighted by atomic mass is 32.2. The zero-order chi connectivity index (χ0) is 12.5. The van der Waals surface area contributed by atoms with Gasteiger partial charge in [0.15, 0.2) is 0 Å². The molecule has 1 aliphatic rings. The van der Waals surface area contributed by atoms with E-state index in [2.05, 4.69) is 0 Å². The van der Waals surface area contributed by atoms with Crippen molar-refractivity contribution in [2.75, 3.05) is 16.6 Å². The van der Waals surface area contributed by atoms with Crippen LogP contribution in [0.15, 0.2) is 18.2 Å². The van der Waals surface area contributed by atoms with Crippen molar-refractivity contribution in [1.82, 2.24) is 0 Å². The van der Waals surface area contributed by atoms with E-state index in [-0.39, 0.29) is 11.6 Å². The lowest BCUT2D eigenvalue weighted by Gasteiger charge is -2.30. The maximum atomic E-state index is 13.1. The van der Waals surface area contributed by atoms with Gasteiger partial charge in [0, 0.05) is 6.54 Å². The lowest BCUT2D eigenvalue weighted by molar-refractivity contribution is 0.583.